The van der Waals surface area contributed by atoms with E-state index in [1.807, 2.05) is 0 Å². The minimum Gasteiger partial charge on any atom is -0.481 e. The quantitative estimate of drug-likeness (QED) is 0.471. The lowest BCUT2D eigenvalue weighted by Gasteiger charge is -2.21. The standard InChI is InChI=1S/C13H13N3O6/c1-13(8-3-2-4-9(7-8)16(21)22)11(19)15(12(20)14-13)6-5-10(17)18/h2-4,7H,5-6H2,1H3,(H,14,20)(H,17,18). The smallest absolute Gasteiger partial charge is 0.325 e. The van der Waals surface area contributed by atoms with Gasteiger partial charge in [-0.15, -0.1) is 0 Å². The summed E-state index contributed by atoms with van der Waals surface area (Å²) in [7, 11) is 0. The van der Waals surface area contributed by atoms with Crippen molar-refractivity contribution in [2.75, 3.05) is 6.54 Å². The van der Waals surface area contributed by atoms with Gasteiger partial charge in [-0.25, -0.2) is 4.79 Å². The Labute approximate surface area is 124 Å². The van der Waals surface area contributed by atoms with Gasteiger partial charge in [-0.05, 0) is 12.5 Å². The lowest BCUT2D eigenvalue weighted by Crippen LogP contribution is -2.41. The number of nitro groups is 1. The Kier molecular flexibility index (Phi) is 3.81. The number of nitrogens with one attached hydrogen (secondary N) is 1. The summed E-state index contributed by atoms with van der Waals surface area (Å²) in [4.78, 5) is 45.9. The van der Waals surface area contributed by atoms with E-state index in [1.165, 1.54) is 31.2 Å². The van der Waals surface area contributed by atoms with E-state index in [-0.39, 0.29) is 24.2 Å². The molecule has 3 amide bonds. The van der Waals surface area contributed by atoms with Crippen molar-refractivity contribution in [3.05, 3.63) is 39.9 Å². The monoisotopic (exact) mass is 307 g/mol. The number of non-ortho nitro benzene ring substituents is 1. The molecular weight excluding hydrogens is 294 g/mol. The number of imide groups is 1. The highest BCUT2D eigenvalue weighted by Gasteiger charge is 2.49. The van der Waals surface area contributed by atoms with Crippen LogP contribution in [0.25, 0.3) is 0 Å². The number of carboxylic acids is 1. The first-order chi connectivity index (χ1) is 10.3. The van der Waals surface area contributed by atoms with Crippen molar-refractivity contribution >= 4 is 23.6 Å². The van der Waals surface area contributed by atoms with Crippen LogP contribution in [0.4, 0.5) is 10.5 Å². The summed E-state index contributed by atoms with van der Waals surface area (Å²) >= 11 is 0. The van der Waals surface area contributed by atoms with Crippen LogP contribution in [0.5, 0.6) is 0 Å². The molecule has 0 saturated carbocycles. The third-order valence-electron chi connectivity index (χ3n) is 3.46. The molecule has 0 aromatic heterocycles. The van der Waals surface area contributed by atoms with Gasteiger partial charge < -0.3 is 10.4 Å². The maximum Gasteiger partial charge on any atom is 0.325 e. The summed E-state index contributed by atoms with van der Waals surface area (Å²) in [5.74, 6) is -1.77. The Morgan fingerprint density at radius 1 is 1.45 bits per heavy atom. The number of hydrogen-bond acceptors (Lipinski definition) is 5. The summed E-state index contributed by atoms with van der Waals surface area (Å²) in [6.07, 6.45) is -0.371. The number of nitrogens with zero attached hydrogens (tertiary/aromatic N) is 2. The fraction of sp³-hybridized carbons (Fsp3) is 0.308. The molecule has 1 unspecified atom stereocenters. The number of carboxylic acid groups (broad SMARTS) is 1. The molecule has 1 atom stereocenters. The molecule has 0 radical (unpaired) electrons. The maximum absolute atomic E-state index is 12.4. The second kappa shape index (κ2) is 5.43. The van der Waals surface area contributed by atoms with Crippen LogP contribution in [0, 0.1) is 10.1 Å². The molecule has 1 heterocycles. The average molecular weight is 307 g/mol. The zero-order valence-corrected chi connectivity index (χ0v) is 11.6. The third kappa shape index (κ3) is 2.60. The number of carbonyl (C=O) groups is 3. The van der Waals surface area contributed by atoms with Crippen LogP contribution in [0.2, 0.25) is 0 Å². The van der Waals surface area contributed by atoms with Gasteiger partial charge in [0.1, 0.15) is 5.54 Å². The topological polar surface area (TPSA) is 130 Å². The third-order valence-corrected chi connectivity index (χ3v) is 3.46. The number of rotatable bonds is 5. The van der Waals surface area contributed by atoms with Gasteiger partial charge in [0, 0.05) is 18.7 Å². The molecule has 22 heavy (non-hydrogen) atoms. The lowest BCUT2D eigenvalue weighted by molar-refractivity contribution is -0.385. The molecule has 9 nitrogen and oxygen atoms in total. The number of urea groups is 1. The Hall–Kier alpha value is -2.97. The van der Waals surface area contributed by atoms with Gasteiger partial charge in [0.15, 0.2) is 0 Å². The van der Waals surface area contributed by atoms with E-state index in [4.69, 9.17) is 5.11 Å². The van der Waals surface area contributed by atoms with Crippen LogP contribution in [0.1, 0.15) is 18.9 Å². The van der Waals surface area contributed by atoms with E-state index in [1.54, 1.807) is 0 Å². The number of nitro benzene ring substituents is 1. The molecule has 1 aromatic carbocycles. The molecule has 116 valence electrons. The van der Waals surface area contributed by atoms with E-state index in [9.17, 15) is 24.5 Å². The Bertz CT molecular complexity index is 673. The largest absolute Gasteiger partial charge is 0.481 e. The molecular formula is C13H13N3O6. The van der Waals surface area contributed by atoms with Crippen LogP contribution in [0.15, 0.2) is 24.3 Å². The summed E-state index contributed by atoms with van der Waals surface area (Å²) in [6, 6.07) is 4.67. The minimum atomic E-state index is -1.46. The molecule has 1 saturated heterocycles. The van der Waals surface area contributed by atoms with Crippen molar-refractivity contribution in [2.45, 2.75) is 18.9 Å². The fourth-order valence-corrected chi connectivity index (χ4v) is 2.23. The summed E-state index contributed by atoms with van der Waals surface area (Å²) in [6.45, 7) is 1.16. The van der Waals surface area contributed by atoms with Gasteiger partial charge in [-0.2, -0.15) is 0 Å². The first kappa shape index (κ1) is 15.4. The second-order valence-corrected chi connectivity index (χ2v) is 4.96. The molecule has 1 aliphatic rings. The average Bonchev–Trinajstić information content (AvgIpc) is 2.68. The Balaban J connectivity index is 2.32. The Morgan fingerprint density at radius 2 is 2.14 bits per heavy atom. The summed E-state index contributed by atoms with van der Waals surface area (Å²) in [5, 5.41) is 21.9. The molecule has 0 bridgehead atoms. The van der Waals surface area contributed by atoms with Gasteiger partial charge in [0.05, 0.1) is 11.3 Å². The van der Waals surface area contributed by atoms with Crippen LogP contribution >= 0.6 is 0 Å². The van der Waals surface area contributed by atoms with Gasteiger partial charge >= 0.3 is 12.0 Å². The highest BCUT2D eigenvalue weighted by Crippen LogP contribution is 2.30. The SMILES string of the molecule is CC1(c2cccc([N+](=O)[O-])c2)NC(=O)N(CCC(=O)O)C1=O. The minimum absolute atomic E-state index is 0.204. The highest BCUT2D eigenvalue weighted by atomic mass is 16.6. The number of aliphatic carboxylic acids is 1. The predicted octanol–water partition coefficient (Wildman–Crippen LogP) is 0.837. The van der Waals surface area contributed by atoms with Crippen molar-refractivity contribution in [3.63, 3.8) is 0 Å². The van der Waals surface area contributed by atoms with Crippen LogP contribution in [0.3, 0.4) is 0 Å². The molecule has 1 fully saturated rings. The zero-order chi connectivity index (χ0) is 16.5. The Morgan fingerprint density at radius 3 is 2.73 bits per heavy atom. The number of hydrogen-bond donors (Lipinski definition) is 2. The first-order valence-electron chi connectivity index (χ1n) is 6.36. The molecule has 2 N–H and O–H groups in total. The summed E-state index contributed by atoms with van der Waals surface area (Å²) in [5.41, 5.74) is -1.40. The second-order valence-electron chi connectivity index (χ2n) is 4.96. The predicted molar refractivity (Wildman–Crippen MR) is 72.9 cm³/mol. The van der Waals surface area contributed by atoms with Gasteiger partial charge in [-0.3, -0.25) is 24.6 Å². The van der Waals surface area contributed by atoms with Crippen molar-refractivity contribution in [1.29, 1.82) is 0 Å². The molecule has 0 aliphatic carbocycles. The van der Waals surface area contributed by atoms with E-state index >= 15 is 0 Å². The van der Waals surface area contributed by atoms with Crippen LogP contribution in [-0.2, 0) is 15.1 Å². The highest BCUT2D eigenvalue weighted by molar-refractivity contribution is 6.07. The molecule has 1 aromatic rings. The van der Waals surface area contributed by atoms with E-state index in [2.05, 4.69) is 5.32 Å². The fourth-order valence-electron chi connectivity index (χ4n) is 2.23. The number of carbonyl (C=O) groups excluding carboxylic acids is 2. The lowest BCUT2D eigenvalue weighted by atomic mass is 9.91. The first-order valence-corrected chi connectivity index (χ1v) is 6.36. The molecule has 1 aliphatic heterocycles. The van der Waals surface area contributed by atoms with Crippen LogP contribution < -0.4 is 5.32 Å². The van der Waals surface area contributed by atoms with Gasteiger partial charge in [0.2, 0.25) is 0 Å². The van der Waals surface area contributed by atoms with Crippen molar-refractivity contribution < 1.29 is 24.4 Å². The van der Waals surface area contributed by atoms with Crippen molar-refractivity contribution in [3.8, 4) is 0 Å². The van der Waals surface area contributed by atoms with Crippen molar-refractivity contribution in [2.24, 2.45) is 0 Å². The van der Waals surface area contributed by atoms with Crippen molar-refractivity contribution in [1.82, 2.24) is 10.2 Å². The normalized spacial score (nSPS) is 20.9. The van der Waals surface area contributed by atoms with E-state index < -0.39 is 28.4 Å². The van der Waals surface area contributed by atoms with Gasteiger partial charge in [-0.1, -0.05) is 12.1 Å². The maximum atomic E-state index is 12.4. The zero-order valence-electron chi connectivity index (χ0n) is 11.6. The van der Waals surface area contributed by atoms with Crippen LogP contribution in [-0.4, -0.2) is 39.4 Å². The molecule has 9 heteroatoms. The van der Waals surface area contributed by atoms with E-state index in [0.717, 1.165) is 4.90 Å². The van der Waals surface area contributed by atoms with Gasteiger partial charge in [0.25, 0.3) is 11.6 Å². The molecule has 2 rings (SSSR count). The molecule has 0 spiro atoms. The summed E-state index contributed by atoms with van der Waals surface area (Å²) < 4.78 is 0. The van der Waals surface area contributed by atoms with E-state index in [0.29, 0.717) is 0 Å². The number of benzene rings is 1. The number of amides is 3.